The maximum absolute atomic E-state index is 12.2. The van der Waals surface area contributed by atoms with Crippen LogP contribution in [0.15, 0.2) is 41.8 Å². The molecule has 2 N–H and O–H groups in total. The normalized spacial score (nSPS) is 10.4. The van der Waals surface area contributed by atoms with Crippen molar-refractivity contribution in [1.82, 2.24) is 25.5 Å². The molecule has 0 saturated heterocycles. The fourth-order valence-corrected chi connectivity index (χ4v) is 3.18. The fourth-order valence-electron chi connectivity index (χ4n) is 2.56. The van der Waals surface area contributed by atoms with E-state index >= 15 is 0 Å². The molecule has 0 bridgehead atoms. The molecule has 0 aliphatic carbocycles. The Morgan fingerprint density at radius 2 is 1.76 bits per heavy atom. The number of aromatic nitrogens is 4. The molecule has 0 atom stereocenters. The second kappa shape index (κ2) is 9.78. The van der Waals surface area contributed by atoms with Gasteiger partial charge in [-0.1, -0.05) is 11.8 Å². The van der Waals surface area contributed by atoms with Gasteiger partial charge in [-0.25, -0.2) is 4.98 Å². The molecule has 2 heterocycles. The summed E-state index contributed by atoms with van der Waals surface area (Å²) in [6.07, 6.45) is 3.36. The summed E-state index contributed by atoms with van der Waals surface area (Å²) < 4.78 is 15.9. The van der Waals surface area contributed by atoms with E-state index in [0.29, 0.717) is 34.8 Å². The summed E-state index contributed by atoms with van der Waals surface area (Å²) in [6.45, 7) is 0.291. The van der Waals surface area contributed by atoms with Gasteiger partial charge < -0.3 is 19.5 Å². The number of carbonyl (C=O) groups is 1. The first kappa shape index (κ1) is 20.5. The molecule has 0 unspecified atom stereocenters. The monoisotopic (exact) mass is 415 g/mol. The number of aromatic amines is 1. The van der Waals surface area contributed by atoms with Crippen LogP contribution in [-0.2, 0) is 11.3 Å². The number of thioether (sulfide) groups is 1. The molecule has 0 radical (unpaired) electrons. The van der Waals surface area contributed by atoms with E-state index in [1.807, 2.05) is 12.1 Å². The van der Waals surface area contributed by atoms with Crippen LogP contribution in [0.3, 0.4) is 0 Å². The van der Waals surface area contributed by atoms with E-state index in [-0.39, 0.29) is 11.7 Å². The predicted molar refractivity (Wildman–Crippen MR) is 108 cm³/mol. The first-order valence-corrected chi connectivity index (χ1v) is 9.64. The Hall–Kier alpha value is -3.27. The maximum Gasteiger partial charge on any atom is 0.230 e. The number of nitrogens with zero attached hydrogens (tertiary/aromatic N) is 3. The third-order valence-electron chi connectivity index (χ3n) is 4.01. The lowest BCUT2D eigenvalue weighted by Crippen LogP contribution is -2.24. The highest BCUT2D eigenvalue weighted by molar-refractivity contribution is 7.99. The molecule has 3 aromatic rings. The Morgan fingerprint density at radius 3 is 2.45 bits per heavy atom. The largest absolute Gasteiger partial charge is 0.496 e. The van der Waals surface area contributed by atoms with Crippen molar-refractivity contribution in [2.45, 2.75) is 11.7 Å². The average Bonchev–Trinajstić information content (AvgIpc) is 3.25. The fraction of sp³-hybridized carbons (Fsp3) is 0.263. The summed E-state index contributed by atoms with van der Waals surface area (Å²) in [4.78, 5) is 20.6. The number of hydrogen-bond acceptors (Lipinski definition) is 8. The van der Waals surface area contributed by atoms with Crippen LogP contribution >= 0.6 is 11.8 Å². The highest BCUT2D eigenvalue weighted by Crippen LogP contribution is 2.34. The molecular formula is C19H21N5O4S. The minimum Gasteiger partial charge on any atom is -0.496 e. The second-order valence-electron chi connectivity index (χ2n) is 5.79. The molecule has 1 amide bonds. The first-order valence-electron chi connectivity index (χ1n) is 8.65. The van der Waals surface area contributed by atoms with Gasteiger partial charge in [-0.05, 0) is 18.2 Å². The summed E-state index contributed by atoms with van der Waals surface area (Å²) >= 11 is 1.25. The number of methoxy groups -OCH3 is 3. The predicted octanol–water partition coefficient (Wildman–Crippen LogP) is 2.30. The van der Waals surface area contributed by atoms with Gasteiger partial charge in [0.25, 0.3) is 0 Å². The van der Waals surface area contributed by atoms with Gasteiger partial charge in [-0.3, -0.25) is 14.9 Å². The van der Waals surface area contributed by atoms with Crippen LogP contribution in [-0.4, -0.2) is 53.2 Å². The molecule has 0 fully saturated rings. The zero-order valence-electron chi connectivity index (χ0n) is 16.3. The third kappa shape index (κ3) is 5.17. The topological polar surface area (TPSA) is 111 Å². The van der Waals surface area contributed by atoms with Gasteiger partial charge in [0, 0.05) is 36.1 Å². The maximum atomic E-state index is 12.2. The number of pyridine rings is 1. The van der Waals surface area contributed by atoms with Gasteiger partial charge in [0.05, 0.1) is 27.1 Å². The molecule has 10 heteroatoms. The number of rotatable bonds is 9. The molecule has 0 aliphatic rings. The molecule has 29 heavy (non-hydrogen) atoms. The van der Waals surface area contributed by atoms with E-state index in [2.05, 4.69) is 25.5 Å². The molecule has 0 saturated carbocycles. The van der Waals surface area contributed by atoms with E-state index in [1.54, 1.807) is 45.9 Å². The summed E-state index contributed by atoms with van der Waals surface area (Å²) in [7, 11) is 4.67. The van der Waals surface area contributed by atoms with Gasteiger partial charge in [-0.2, -0.15) is 0 Å². The number of amides is 1. The van der Waals surface area contributed by atoms with Crippen molar-refractivity contribution in [2.75, 3.05) is 27.1 Å². The van der Waals surface area contributed by atoms with E-state index < -0.39 is 0 Å². The van der Waals surface area contributed by atoms with Crippen LogP contribution < -0.4 is 19.5 Å². The van der Waals surface area contributed by atoms with Gasteiger partial charge in [0.15, 0.2) is 17.3 Å². The van der Waals surface area contributed by atoms with Gasteiger partial charge >= 0.3 is 0 Å². The molecule has 0 spiro atoms. The number of benzene rings is 1. The Bertz CT molecular complexity index is 964. The van der Waals surface area contributed by atoms with Crippen molar-refractivity contribution >= 4 is 17.7 Å². The van der Waals surface area contributed by atoms with Crippen LogP contribution in [0.2, 0.25) is 0 Å². The van der Waals surface area contributed by atoms with Crippen molar-refractivity contribution < 1.29 is 19.0 Å². The molecule has 2 aromatic heterocycles. The van der Waals surface area contributed by atoms with E-state index in [9.17, 15) is 4.79 Å². The highest BCUT2D eigenvalue weighted by Gasteiger charge is 2.13. The number of nitrogens with one attached hydrogen (secondary N) is 2. The van der Waals surface area contributed by atoms with Crippen molar-refractivity contribution in [2.24, 2.45) is 0 Å². The molecule has 3 rings (SSSR count). The Labute approximate surface area is 172 Å². The number of ether oxygens (including phenoxy) is 3. The first-order chi connectivity index (χ1) is 14.1. The number of hydrogen-bond donors (Lipinski definition) is 2. The van der Waals surface area contributed by atoms with Gasteiger partial charge in [-0.15, -0.1) is 5.10 Å². The van der Waals surface area contributed by atoms with Crippen molar-refractivity contribution in [3.05, 3.63) is 42.2 Å². The van der Waals surface area contributed by atoms with Crippen molar-refractivity contribution in [3.8, 4) is 28.6 Å². The number of H-pyrrole nitrogens is 1. The summed E-state index contributed by atoms with van der Waals surface area (Å²) in [6, 6.07) is 7.17. The van der Waals surface area contributed by atoms with Crippen molar-refractivity contribution in [3.63, 3.8) is 0 Å². The van der Waals surface area contributed by atoms with Crippen LogP contribution in [0.25, 0.3) is 11.4 Å². The average molecular weight is 415 g/mol. The van der Waals surface area contributed by atoms with E-state index in [4.69, 9.17) is 14.2 Å². The van der Waals surface area contributed by atoms with Crippen LogP contribution in [0.1, 0.15) is 5.56 Å². The van der Waals surface area contributed by atoms with Crippen LogP contribution in [0, 0.1) is 0 Å². The van der Waals surface area contributed by atoms with E-state index in [1.165, 1.54) is 11.8 Å². The molecule has 0 aliphatic heterocycles. The molecule has 9 nitrogen and oxygen atoms in total. The van der Waals surface area contributed by atoms with Crippen LogP contribution in [0.5, 0.6) is 17.2 Å². The SMILES string of the molecule is COc1cc(OC)c(OC)cc1CNC(=O)CSc1n[nH]c(-c2ccncc2)n1. The Morgan fingerprint density at radius 1 is 1.07 bits per heavy atom. The van der Waals surface area contributed by atoms with Gasteiger partial charge in [0.2, 0.25) is 11.1 Å². The lowest BCUT2D eigenvalue weighted by molar-refractivity contribution is -0.118. The molecular weight excluding hydrogens is 394 g/mol. The smallest absolute Gasteiger partial charge is 0.230 e. The minimum atomic E-state index is -0.151. The zero-order chi connectivity index (χ0) is 20.6. The third-order valence-corrected chi connectivity index (χ3v) is 4.86. The molecule has 152 valence electrons. The Balaban J connectivity index is 1.56. The summed E-state index contributed by atoms with van der Waals surface area (Å²) in [5.41, 5.74) is 1.66. The van der Waals surface area contributed by atoms with Crippen LogP contribution in [0.4, 0.5) is 0 Å². The summed E-state index contributed by atoms with van der Waals surface area (Å²) in [5.74, 6) is 2.39. The van der Waals surface area contributed by atoms with Gasteiger partial charge in [0.1, 0.15) is 5.75 Å². The second-order valence-corrected chi connectivity index (χ2v) is 6.73. The quantitative estimate of drug-likeness (QED) is 0.512. The standard InChI is InChI=1S/C19H21N5O4S/c1-26-14-9-16(28-3)15(27-2)8-13(14)10-21-17(25)11-29-19-22-18(23-24-19)12-4-6-20-7-5-12/h4-9H,10-11H2,1-3H3,(H,21,25)(H,22,23,24). The number of carbonyl (C=O) groups excluding carboxylic acids is 1. The molecule has 1 aromatic carbocycles. The minimum absolute atomic E-state index is 0.151. The highest BCUT2D eigenvalue weighted by atomic mass is 32.2. The van der Waals surface area contributed by atoms with E-state index in [0.717, 1.165) is 11.1 Å². The lowest BCUT2D eigenvalue weighted by Gasteiger charge is -2.14. The lowest BCUT2D eigenvalue weighted by atomic mass is 10.1. The Kier molecular flexibility index (Phi) is 6.90. The van der Waals surface area contributed by atoms with Crippen molar-refractivity contribution in [1.29, 1.82) is 0 Å². The summed E-state index contributed by atoms with van der Waals surface area (Å²) in [5, 5.41) is 10.3. The zero-order valence-corrected chi connectivity index (χ0v) is 17.1.